The maximum absolute atomic E-state index is 13.2. The van der Waals surface area contributed by atoms with Gasteiger partial charge in [-0.25, -0.2) is 14.3 Å². The molecule has 206 valence electrons. The topological polar surface area (TPSA) is 170 Å². The lowest BCUT2D eigenvalue weighted by molar-refractivity contribution is -0.145. The Kier molecular flexibility index (Phi) is 11.2. The smallest absolute Gasteiger partial charge is 0.409 e. The van der Waals surface area contributed by atoms with E-state index < -0.39 is 35.9 Å². The Balaban J connectivity index is 2.12. The number of nitrogens with one attached hydrogen (secondary N) is 1. The van der Waals surface area contributed by atoms with Gasteiger partial charge in [0, 0.05) is 38.7 Å². The monoisotopic (exact) mass is 525 g/mol. The fourth-order valence-corrected chi connectivity index (χ4v) is 3.60. The molecule has 0 saturated carbocycles. The van der Waals surface area contributed by atoms with E-state index >= 15 is 0 Å². The van der Waals surface area contributed by atoms with Gasteiger partial charge in [0.25, 0.3) is 5.91 Å². The number of hydrogen-bond donors (Lipinski definition) is 2. The molecule has 0 unspecified atom stereocenters. The normalized spacial score (nSPS) is 14.2. The molecule has 14 nitrogen and oxygen atoms in total. The van der Waals surface area contributed by atoms with Crippen molar-refractivity contribution < 1.29 is 43.3 Å². The molecule has 37 heavy (non-hydrogen) atoms. The van der Waals surface area contributed by atoms with Crippen LogP contribution in [0.1, 0.15) is 57.1 Å². The number of carboxylic acid groups (broad SMARTS) is 1. The van der Waals surface area contributed by atoms with E-state index in [4.69, 9.17) is 19.3 Å². The Hall–Kier alpha value is -3.84. The number of carbonyl (C=O) groups is 5. The summed E-state index contributed by atoms with van der Waals surface area (Å²) in [6.07, 6.45) is -0.935. The van der Waals surface area contributed by atoms with Crippen LogP contribution in [0, 0.1) is 0 Å². The van der Waals surface area contributed by atoms with Crippen LogP contribution in [0.5, 0.6) is 5.88 Å². The van der Waals surface area contributed by atoms with Crippen LogP contribution in [0.25, 0.3) is 0 Å². The van der Waals surface area contributed by atoms with Crippen molar-refractivity contribution in [1.82, 2.24) is 24.9 Å². The first-order chi connectivity index (χ1) is 17.6. The van der Waals surface area contributed by atoms with Gasteiger partial charge < -0.3 is 34.4 Å². The van der Waals surface area contributed by atoms with E-state index in [0.29, 0.717) is 0 Å². The molecule has 0 radical (unpaired) electrons. The summed E-state index contributed by atoms with van der Waals surface area (Å²) in [5.74, 6) is -2.68. The number of piperazine rings is 1. The quantitative estimate of drug-likeness (QED) is 0.370. The largest absolute Gasteiger partial charge is 0.481 e. The van der Waals surface area contributed by atoms with Gasteiger partial charge in [-0.15, -0.1) is 0 Å². The molecule has 0 aromatic carbocycles. The second kappa shape index (κ2) is 14.0. The van der Waals surface area contributed by atoms with E-state index in [-0.39, 0.29) is 76.5 Å². The molecule has 1 aliphatic heterocycles. The molecule has 1 fully saturated rings. The molecule has 0 aliphatic carbocycles. The molecule has 2 heterocycles. The standard InChI is InChI=1S/C23H35N5O9/c1-5-35-20(31)14-37-18-13-17(25-28(18)15(3)4)21(32)24-16(7-8-19(29)30)22(33)26-9-11-27(12-10-26)23(34)36-6-2/h13,15-16H,5-12,14H2,1-4H3,(H,24,32)(H,29,30)/t16-/m0/s1. The van der Waals surface area contributed by atoms with E-state index in [1.165, 1.54) is 20.5 Å². The first kappa shape index (κ1) is 29.4. The van der Waals surface area contributed by atoms with Crippen molar-refractivity contribution >= 4 is 29.8 Å². The van der Waals surface area contributed by atoms with Gasteiger partial charge >= 0.3 is 18.0 Å². The number of esters is 1. The summed E-state index contributed by atoms with van der Waals surface area (Å²) >= 11 is 0. The minimum atomic E-state index is -1.12. The minimum Gasteiger partial charge on any atom is -0.481 e. The fraction of sp³-hybridized carbons (Fsp3) is 0.652. The number of nitrogens with zero attached hydrogens (tertiary/aromatic N) is 4. The Morgan fingerprint density at radius 3 is 2.22 bits per heavy atom. The van der Waals surface area contributed by atoms with Crippen LogP contribution in [0.15, 0.2) is 6.07 Å². The third kappa shape index (κ3) is 8.65. The van der Waals surface area contributed by atoms with Crippen molar-refractivity contribution in [2.75, 3.05) is 46.0 Å². The van der Waals surface area contributed by atoms with Crippen LogP contribution in [0.2, 0.25) is 0 Å². The highest BCUT2D eigenvalue weighted by Crippen LogP contribution is 2.19. The predicted molar refractivity (Wildman–Crippen MR) is 128 cm³/mol. The van der Waals surface area contributed by atoms with Crippen LogP contribution in [-0.2, 0) is 23.9 Å². The number of hydrogen-bond acceptors (Lipinski definition) is 9. The fourth-order valence-electron chi connectivity index (χ4n) is 3.60. The summed E-state index contributed by atoms with van der Waals surface area (Å²) in [5, 5.41) is 15.9. The molecular formula is C23H35N5O9. The number of rotatable bonds is 12. The van der Waals surface area contributed by atoms with Crippen molar-refractivity contribution in [3.05, 3.63) is 11.8 Å². The van der Waals surface area contributed by atoms with Crippen LogP contribution in [-0.4, -0.2) is 107 Å². The molecule has 2 N–H and O–H groups in total. The Morgan fingerprint density at radius 2 is 1.65 bits per heavy atom. The van der Waals surface area contributed by atoms with Crippen LogP contribution < -0.4 is 10.1 Å². The molecule has 1 atom stereocenters. The molecule has 1 aliphatic rings. The summed E-state index contributed by atoms with van der Waals surface area (Å²) < 4.78 is 16.7. The van der Waals surface area contributed by atoms with Crippen LogP contribution in [0.4, 0.5) is 4.79 Å². The zero-order chi connectivity index (χ0) is 27.5. The second-order valence-corrected chi connectivity index (χ2v) is 8.47. The highest BCUT2D eigenvalue weighted by atomic mass is 16.6. The Labute approximate surface area is 214 Å². The summed E-state index contributed by atoms with van der Waals surface area (Å²) in [6.45, 7) is 7.98. The Bertz CT molecular complexity index is 970. The summed E-state index contributed by atoms with van der Waals surface area (Å²) in [5.41, 5.74) is -0.0622. The molecule has 0 bridgehead atoms. The van der Waals surface area contributed by atoms with E-state index in [1.807, 2.05) is 0 Å². The molecule has 1 aromatic rings. The van der Waals surface area contributed by atoms with Gasteiger partial charge in [0.05, 0.1) is 19.3 Å². The van der Waals surface area contributed by atoms with Crippen molar-refractivity contribution in [1.29, 1.82) is 0 Å². The van der Waals surface area contributed by atoms with Gasteiger partial charge in [-0.3, -0.25) is 14.4 Å². The van der Waals surface area contributed by atoms with Crippen molar-refractivity contribution in [3.63, 3.8) is 0 Å². The molecule has 14 heteroatoms. The van der Waals surface area contributed by atoms with E-state index in [9.17, 15) is 24.0 Å². The summed E-state index contributed by atoms with van der Waals surface area (Å²) in [6, 6.07) is 0.00973. The summed E-state index contributed by atoms with van der Waals surface area (Å²) in [7, 11) is 0. The molecule has 1 saturated heterocycles. The van der Waals surface area contributed by atoms with E-state index in [0.717, 1.165) is 0 Å². The van der Waals surface area contributed by atoms with E-state index in [2.05, 4.69) is 10.4 Å². The van der Waals surface area contributed by atoms with Gasteiger partial charge in [-0.1, -0.05) is 0 Å². The average Bonchev–Trinajstić information content (AvgIpc) is 3.30. The van der Waals surface area contributed by atoms with Crippen molar-refractivity contribution in [2.24, 2.45) is 0 Å². The SMILES string of the molecule is CCOC(=O)COc1cc(C(=O)N[C@@H](CCC(=O)O)C(=O)N2CCN(C(=O)OCC)CC2)nn1C(C)C. The van der Waals surface area contributed by atoms with Gasteiger partial charge in [0.1, 0.15) is 6.04 Å². The highest BCUT2D eigenvalue weighted by molar-refractivity contribution is 5.96. The molecular weight excluding hydrogens is 490 g/mol. The average molecular weight is 526 g/mol. The lowest BCUT2D eigenvalue weighted by atomic mass is 10.1. The minimum absolute atomic E-state index is 0.0622. The lowest BCUT2D eigenvalue weighted by Crippen LogP contribution is -2.56. The zero-order valence-corrected chi connectivity index (χ0v) is 21.6. The maximum Gasteiger partial charge on any atom is 0.409 e. The Morgan fingerprint density at radius 1 is 1.03 bits per heavy atom. The van der Waals surface area contributed by atoms with Crippen LogP contribution in [0.3, 0.4) is 0 Å². The van der Waals surface area contributed by atoms with Crippen molar-refractivity contribution in [3.8, 4) is 5.88 Å². The number of carbonyl (C=O) groups excluding carboxylic acids is 4. The van der Waals surface area contributed by atoms with E-state index in [1.54, 1.807) is 27.7 Å². The van der Waals surface area contributed by atoms with Gasteiger partial charge in [-0.05, 0) is 34.1 Å². The number of amides is 3. The second-order valence-electron chi connectivity index (χ2n) is 8.47. The predicted octanol–water partition coefficient (Wildman–Crippen LogP) is 0.670. The van der Waals surface area contributed by atoms with Gasteiger partial charge in [0.15, 0.2) is 12.3 Å². The first-order valence-electron chi connectivity index (χ1n) is 12.2. The third-order valence-electron chi connectivity index (χ3n) is 5.43. The number of ether oxygens (including phenoxy) is 3. The third-order valence-corrected chi connectivity index (χ3v) is 5.43. The lowest BCUT2D eigenvalue weighted by Gasteiger charge is -2.35. The summed E-state index contributed by atoms with van der Waals surface area (Å²) in [4.78, 5) is 63.9. The molecule has 3 amide bonds. The highest BCUT2D eigenvalue weighted by Gasteiger charge is 2.31. The van der Waals surface area contributed by atoms with Crippen molar-refractivity contribution in [2.45, 2.75) is 52.6 Å². The zero-order valence-electron chi connectivity index (χ0n) is 21.6. The molecule has 0 spiro atoms. The maximum atomic E-state index is 13.2. The molecule has 1 aromatic heterocycles. The molecule has 2 rings (SSSR count). The van der Waals surface area contributed by atoms with Gasteiger partial charge in [0.2, 0.25) is 11.8 Å². The number of carboxylic acids is 1. The number of aliphatic carboxylic acids is 1. The van der Waals surface area contributed by atoms with Crippen LogP contribution >= 0.6 is 0 Å². The number of aromatic nitrogens is 2. The van der Waals surface area contributed by atoms with Gasteiger partial charge in [-0.2, -0.15) is 5.10 Å². The first-order valence-corrected chi connectivity index (χ1v) is 12.2.